The summed E-state index contributed by atoms with van der Waals surface area (Å²) in [4.78, 5) is 12.1. The molecule has 0 bridgehead atoms. The van der Waals surface area contributed by atoms with E-state index in [1.807, 2.05) is 0 Å². The predicted molar refractivity (Wildman–Crippen MR) is 76.7 cm³/mol. The van der Waals surface area contributed by atoms with E-state index in [0.717, 1.165) is 25.3 Å². The molecule has 4 heteroatoms. The van der Waals surface area contributed by atoms with Gasteiger partial charge in [-0.15, -0.1) is 12.4 Å². The molecule has 2 atom stereocenters. The zero-order valence-corrected chi connectivity index (χ0v) is 12.0. The molecule has 2 saturated carbocycles. The van der Waals surface area contributed by atoms with E-state index >= 15 is 0 Å². The van der Waals surface area contributed by atoms with Crippen molar-refractivity contribution < 1.29 is 4.79 Å². The van der Waals surface area contributed by atoms with Gasteiger partial charge in [0, 0.05) is 12.5 Å². The minimum atomic E-state index is 0. The predicted octanol–water partition coefficient (Wildman–Crippen LogP) is 2.48. The van der Waals surface area contributed by atoms with Crippen molar-refractivity contribution in [3.05, 3.63) is 0 Å². The molecule has 2 aliphatic carbocycles. The minimum Gasteiger partial charge on any atom is -0.356 e. The first kappa shape index (κ1) is 15.8. The minimum absolute atomic E-state index is 0. The van der Waals surface area contributed by atoms with E-state index in [2.05, 4.69) is 5.32 Å². The normalized spacial score (nSPS) is 28.7. The lowest BCUT2D eigenvalue weighted by Gasteiger charge is -2.23. The number of amides is 1. The highest BCUT2D eigenvalue weighted by atomic mass is 35.5. The quantitative estimate of drug-likeness (QED) is 0.828. The highest BCUT2D eigenvalue weighted by molar-refractivity contribution is 5.85. The lowest BCUT2D eigenvalue weighted by molar-refractivity contribution is -0.126. The second-order valence-corrected chi connectivity index (χ2v) is 5.78. The third-order valence-electron chi connectivity index (χ3n) is 4.59. The molecule has 0 spiro atoms. The van der Waals surface area contributed by atoms with E-state index in [9.17, 15) is 4.79 Å². The maximum Gasteiger partial charge on any atom is 0.223 e. The highest BCUT2D eigenvalue weighted by Crippen LogP contribution is 2.31. The first-order valence-electron chi connectivity index (χ1n) is 7.29. The summed E-state index contributed by atoms with van der Waals surface area (Å²) in [5, 5.41) is 3.16. The summed E-state index contributed by atoms with van der Waals surface area (Å²) in [5.41, 5.74) is 5.72. The van der Waals surface area contributed by atoms with Crippen LogP contribution in [0.25, 0.3) is 0 Å². The van der Waals surface area contributed by atoms with Crippen LogP contribution in [0.1, 0.15) is 51.4 Å². The monoisotopic (exact) mass is 274 g/mol. The Kier molecular flexibility index (Phi) is 7.02. The van der Waals surface area contributed by atoms with Gasteiger partial charge in [0.05, 0.1) is 0 Å². The molecular formula is C14H27ClN2O. The second kappa shape index (κ2) is 8.00. The number of nitrogens with two attached hydrogens (primary N) is 1. The van der Waals surface area contributed by atoms with Gasteiger partial charge in [-0.1, -0.05) is 25.7 Å². The summed E-state index contributed by atoms with van der Waals surface area (Å²) in [5.74, 6) is 1.62. The fourth-order valence-corrected chi connectivity index (χ4v) is 3.43. The zero-order chi connectivity index (χ0) is 12.1. The van der Waals surface area contributed by atoms with Crippen LogP contribution in [0, 0.1) is 17.8 Å². The Labute approximate surface area is 117 Å². The maximum atomic E-state index is 12.1. The SMILES string of the molecule is Cl.NC[C@H]1CCC[C@H]1C(=O)NCC1CCCCC1. The number of hydrogen-bond acceptors (Lipinski definition) is 2. The molecule has 0 aliphatic heterocycles. The molecule has 18 heavy (non-hydrogen) atoms. The van der Waals surface area contributed by atoms with E-state index in [1.165, 1.54) is 38.5 Å². The van der Waals surface area contributed by atoms with Gasteiger partial charge in [0.25, 0.3) is 0 Å². The molecular weight excluding hydrogens is 248 g/mol. The van der Waals surface area contributed by atoms with Crippen LogP contribution in [-0.4, -0.2) is 19.0 Å². The summed E-state index contributed by atoms with van der Waals surface area (Å²) in [7, 11) is 0. The van der Waals surface area contributed by atoms with Crippen LogP contribution >= 0.6 is 12.4 Å². The molecule has 0 aromatic carbocycles. The molecule has 0 aromatic heterocycles. The van der Waals surface area contributed by atoms with E-state index in [4.69, 9.17) is 5.73 Å². The molecule has 0 radical (unpaired) electrons. The fourth-order valence-electron chi connectivity index (χ4n) is 3.43. The van der Waals surface area contributed by atoms with Crippen molar-refractivity contribution in [2.24, 2.45) is 23.5 Å². The molecule has 2 aliphatic rings. The van der Waals surface area contributed by atoms with Crippen molar-refractivity contribution in [3.63, 3.8) is 0 Å². The van der Waals surface area contributed by atoms with Crippen LogP contribution < -0.4 is 11.1 Å². The Morgan fingerprint density at radius 1 is 1.06 bits per heavy atom. The van der Waals surface area contributed by atoms with Crippen molar-refractivity contribution >= 4 is 18.3 Å². The average Bonchev–Trinajstić information content (AvgIpc) is 2.85. The van der Waals surface area contributed by atoms with Gasteiger partial charge in [0.15, 0.2) is 0 Å². The smallest absolute Gasteiger partial charge is 0.223 e. The standard InChI is InChI=1S/C14H26N2O.ClH/c15-9-12-7-4-8-13(12)14(17)16-10-11-5-2-1-3-6-11;/h11-13H,1-10,15H2,(H,16,17);1H/t12-,13-;/m1./s1. The van der Waals surface area contributed by atoms with Crippen molar-refractivity contribution in [1.29, 1.82) is 0 Å². The third-order valence-corrected chi connectivity index (χ3v) is 4.59. The van der Waals surface area contributed by atoms with Gasteiger partial charge in [0.2, 0.25) is 5.91 Å². The topological polar surface area (TPSA) is 55.1 Å². The van der Waals surface area contributed by atoms with Gasteiger partial charge in [-0.3, -0.25) is 4.79 Å². The Balaban J connectivity index is 0.00000162. The number of nitrogens with one attached hydrogen (secondary N) is 1. The van der Waals surface area contributed by atoms with Crippen molar-refractivity contribution in [3.8, 4) is 0 Å². The fraction of sp³-hybridized carbons (Fsp3) is 0.929. The number of hydrogen-bond donors (Lipinski definition) is 2. The van der Waals surface area contributed by atoms with Gasteiger partial charge in [0.1, 0.15) is 0 Å². The van der Waals surface area contributed by atoms with Crippen LogP contribution in [0.2, 0.25) is 0 Å². The molecule has 1 amide bonds. The maximum absolute atomic E-state index is 12.1. The Bertz CT molecular complexity index is 254. The first-order valence-corrected chi connectivity index (χ1v) is 7.29. The molecule has 3 N–H and O–H groups in total. The second-order valence-electron chi connectivity index (χ2n) is 5.78. The van der Waals surface area contributed by atoms with Crippen LogP contribution in [-0.2, 0) is 4.79 Å². The number of halogens is 1. The molecule has 0 aromatic rings. The van der Waals surface area contributed by atoms with Gasteiger partial charge in [-0.2, -0.15) is 0 Å². The molecule has 0 saturated heterocycles. The molecule has 2 fully saturated rings. The van der Waals surface area contributed by atoms with Gasteiger partial charge < -0.3 is 11.1 Å². The average molecular weight is 275 g/mol. The Morgan fingerprint density at radius 3 is 2.44 bits per heavy atom. The van der Waals surface area contributed by atoms with Gasteiger partial charge in [-0.05, 0) is 44.1 Å². The lowest BCUT2D eigenvalue weighted by Crippen LogP contribution is -2.37. The van der Waals surface area contributed by atoms with Crippen molar-refractivity contribution in [1.82, 2.24) is 5.32 Å². The van der Waals surface area contributed by atoms with Crippen LogP contribution in [0.3, 0.4) is 0 Å². The number of rotatable bonds is 4. The first-order chi connectivity index (χ1) is 8.31. The summed E-state index contributed by atoms with van der Waals surface area (Å²) < 4.78 is 0. The van der Waals surface area contributed by atoms with Crippen LogP contribution in [0.5, 0.6) is 0 Å². The van der Waals surface area contributed by atoms with Crippen molar-refractivity contribution in [2.75, 3.05) is 13.1 Å². The summed E-state index contributed by atoms with van der Waals surface area (Å²) in [6, 6.07) is 0. The lowest BCUT2D eigenvalue weighted by atomic mass is 9.89. The van der Waals surface area contributed by atoms with Crippen LogP contribution in [0.15, 0.2) is 0 Å². The Hall–Kier alpha value is -0.280. The molecule has 0 unspecified atom stereocenters. The van der Waals surface area contributed by atoms with Crippen LogP contribution in [0.4, 0.5) is 0 Å². The summed E-state index contributed by atoms with van der Waals surface area (Å²) in [6.45, 7) is 1.56. The van der Waals surface area contributed by atoms with E-state index in [1.54, 1.807) is 0 Å². The van der Waals surface area contributed by atoms with Crippen molar-refractivity contribution in [2.45, 2.75) is 51.4 Å². The zero-order valence-electron chi connectivity index (χ0n) is 11.2. The molecule has 0 heterocycles. The number of carbonyl (C=O) groups is 1. The van der Waals surface area contributed by atoms with E-state index in [0.29, 0.717) is 12.5 Å². The number of carbonyl (C=O) groups excluding carboxylic acids is 1. The highest BCUT2D eigenvalue weighted by Gasteiger charge is 2.31. The molecule has 106 valence electrons. The third kappa shape index (κ3) is 4.13. The molecule has 2 rings (SSSR count). The molecule has 3 nitrogen and oxygen atoms in total. The van der Waals surface area contributed by atoms with E-state index in [-0.39, 0.29) is 24.2 Å². The summed E-state index contributed by atoms with van der Waals surface area (Å²) >= 11 is 0. The Morgan fingerprint density at radius 2 is 1.78 bits per heavy atom. The van der Waals surface area contributed by atoms with Gasteiger partial charge >= 0.3 is 0 Å². The summed E-state index contributed by atoms with van der Waals surface area (Å²) in [6.07, 6.45) is 10.0. The van der Waals surface area contributed by atoms with Gasteiger partial charge in [-0.25, -0.2) is 0 Å². The largest absolute Gasteiger partial charge is 0.356 e. The van der Waals surface area contributed by atoms with E-state index < -0.39 is 0 Å².